The van der Waals surface area contributed by atoms with Gasteiger partial charge in [0.2, 0.25) is 5.91 Å². The van der Waals surface area contributed by atoms with Crippen LogP contribution in [-0.4, -0.2) is 23.8 Å². The molecule has 2 amide bonds. The minimum absolute atomic E-state index is 0.00350. The second-order valence-corrected chi connectivity index (χ2v) is 8.65. The molecule has 0 radical (unpaired) electrons. The summed E-state index contributed by atoms with van der Waals surface area (Å²) >= 11 is 1.28. The third kappa shape index (κ3) is 3.74. The average molecular weight is 429 g/mol. The highest BCUT2D eigenvalue weighted by molar-refractivity contribution is 7.14. The van der Waals surface area contributed by atoms with Gasteiger partial charge in [0.1, 0.15) is 11.6 Å². The Morgan fingerprint density at radius 2 is 1.97 bits per heavy atom. The van der Waals surface area contributed by atoms with Crippen LogP contribution in [0.2, 0.25) is 0 Å². The number of amides is 2. The maximum atomic E-state index is 12.5. The van der Waals surface area contributed by atoms with E-state index in [1.165, 1.54) is 11.3 Å². The fourth-order valence-electron chi connectivity index (χ4n) is 3.63. The third-order valence-electron chi connectivity index (χ3n) is 5.37. The second-order valence-electron chi connectivity index (χ2n) is 7.79. The van der Waals surface area contributed by atoms with E-state index in [0.29, 0.717) is 10.8 Å². The summed E-state index contributed by atoms with van der Waals surface area (Å²) in [5, 5.41) is 14.3. The molecule has 4 rings (SSSR count). The first-order valence-electron chi connectivity index (χ1n) is 9.68. The summed E-state index contributed by atoms with van der Waals surface area (Å²) < 4.78 is 0. The van der Waals surface area contributed by atoms with Gasteiger partial charge >= 0.3 is 0 Å². The van der Waals surface area contributed by atoms with Gasteiger partial charge in [-0.1, -0.05) is 36.4 Å². The molecule has 7 heteroatoms. The van der Waals surface area contributed by atoms with E-state index in [4.69, 9.17) is 0 Å². The number of thiazole rings is 1. The highest BCUT2D eigenvalue weighted by Crippen LogP contribution is 2.42. The van der Waals surface area contributed by atoms with Crippen LogP contribution in [0.3, 0.4) is 0 Å². The van der Waals surface area contributed by atoms with E-state index in [1.807, 2.05) is 73.8 Å². The Bertz CT molecular complexity index is 1250. The van der Waals surface area contributed by atoms with Crippen molar-refractivity contribution in [2.24, 2.45) is 0 Å². The van der Waals surface area contributed by atoms with Crippen LogP contribution < -0.4 is 10.2 Å². The van der Waals surface area contributed by atoms with Crippen molar-refractivity contribution in [2.75, 3.05) is 17.3 Å². The molecule has 3 aromatic rings. The van der Waals surface area contributed by atoms with Crippen molar-refractivity contribution in [1.82, 2.24) is 4.98 Å². The van der Waals surface area contributed by atoms with E-state index in [9.17, 15) is 14.9 Å². The third-order valence-corrected chi connectivity index (χ3v) is 6.12. The summed E-state index contributed by atoms with van der Waals surface area (Å²) in [6.07, 6.45) is 1.54. The van der Waals surface area contributed by atoms with Gasteiger partial charge in [-0.05, 0) is 43.2 Å². The van der Waals surface area contributed by atoms with Gasteiger partial charge < -0.3 is 4.90 Å². The number of hydrogen-bond donors (Lipinski definition) is 1. The number of nitriles is 1. The maximum absolute atomic E-state index is 12.5. The first-order valence-corrected chi connectivity index (χ1v) is 10.6. The Labute approximate surface area is 184 Å². The second kappa shape index (κ2) is 7.82. The number of anilines is 2. The summed E-state index contributed by atoms with van der Waals surface area (Å²) in [6.45, 7) is 3.83. The molecule has 0 saturated carbocycles. The number of likely N-dealkylation sites (N-methyl/N-ethyl adjacent to an activating group) is 1. The van der Waals surface area contributed by atoms with Crippen LogP contribution in [0, 0.1) is 11.3 Å². The molecular formula is C24H20N4O2S. The molecule has 154 valence electrons. The van der Waals surface area contributed by atoms with Gasteiger partial charge in [0.15, 0.2) is 5.13 Å². The van der Waals surface area contributed by atoms with Crippen molar-refractivity contribution >= 4 is 40.0 Å². The SMILES string of the molecule is CN1C(=O)C(C)(C)c2cc(-c3csc(NC(=O)/C(C#N)=C/c4ccccc4)n3)ccc21. The number of carbonyl (C=O) groups excluding carboxylic acids is 2. The largest absolute Gasteiger partial charge is 0.314 e. The summed E-state index contributed by atoms with van der Waals surface area (Å²) in [7, 11) is 1.78. The van der Waals surface area contributed by atoms with Gasteiger partial charge in [0, 0.05) is 23.7 Å². The highest BCUT2D eigenvalue weighted by Gasteiger charge is 2.42. The minimum atomic E-state index is -0.600. The van der Waals surface area contributed by atoms with Crippen LogP contribution in [0.25, 0.3) is 17.3 Å². The Kier molecular flexibility index (Phi) is 5.17. The van der Waals surface area contributed by atoms with Crippen LogP contribution in [0.1, 0.15) is 25.0 Å². The molecule has 0 saturated heterocycles. The van der Waals surface area contributed by atoms with Gasteiger partial charge in [-0.2, -0.15) is 5.26 Å². The predicted octanol–water partition coefficient (Wildman–Crippen LogP) is 4.61. The van der Waals surface area contributed by atoms with Gasteiger partial charge in [-0.25, -0.2) is 4.98 Å². The molecule has 0 bridgehead atoms. The number of nitrogens with zero attached hydrogens (tertiary/aromatic N) is 3. The lowest BCUT2D eigenvalue weighted by atomic mass is 9.85. The van der Waals surface area contributed by atoms with Crippen molar-refractivity contribution < 1.29 is 9.59 Å². The Morgan fingerprint density at radius 1 is 1.23 bits per heavy atom. The predicted molar refractivity (Wildman–Crippen MR) is 123 cm³/mol. The number of carbonyl (C=O) groups is 2. The quantitative estimate of drug-likeness (QED) is 0.486. The number of fused-ring (bicyclic) bond motifs is 1. The van der Waals surface area contributed by atoms with Crippen molar-refractivity contribution in [3.05, 3.63) is 70.6 Å². The molecule has 0 aliphatic carbocycles. The zero-order valence-corrected chi connectivity index (χ0v) is 18.2. The zero-order valence-electron chi connectivity index (χ0n) is 17.3. The Hall–Kier alpha value is -3.76. The van der Waals surface area contributed by atoms with Crippen LogP contribution in [0.5, 0.6) is 0 Å². The van der Waals surface area contributed by atoms with Crippen molar-refractivity contribution in [1.29, 1.82) is 5.26 Å². The molecule has 6 nitrogen and oxygen atoms in total. The fraction of sp³-hybridized carbons (Fsp3) is 0.167. The Balaban J connectivity index is 1.57. The van der Waals surface area contributed by atoms with Crippen molar-refractivity contribution in [2.45, 2.75) is 19.3 Å². The van der Waals surface area contributed by atoms with E-state index in [-0.39, 0.29) is 11.5 Å². The minimum Gasteiger partial charge on any atom is -0.314 e. The highest BCUT2D eigenvalue weighted by atomic mass is 32.1. The number of rotatable bonds is 4. The number of nitrogens with one attached hydrogen (secondary N) is 1. The molecule has 0 atom stereocenters. The number of hydrogen-bond acceptors (Lipinski definition) is 5. The van der Waals surface area contributed by atoms with Crippen LogP contribution in [0.4, 0.5) is 10.8 Å². The maximum Gasteiger partial charge on any atom is 0.268 e. The van der Waals surface area contributed by atoms with Crippen molar-refractivity contribution in [3.8, 4) is 17.3 Å². The topological polar surface area (TPSA) is 86.1 Å². The van der Waals surface area contributed by atoms with Gasteiger partial charge in [0.25, 0.3) is 5.91 Å². The van der Waals surface area contributed by atoms with E-state index in [2.05, 4.69) is 10.3 Å². The molecular weight excluding hydrogens is 408 g/mol. The normalized spacial score (nSPS) is 14.8. The zero-order chi connectivity index (χ0) is 22.2. The van der Waals surface area contributed by atoms with Gasteiger partial charge in [-0.15, -0.1) is 11.3 Å². The number of benzene rings is 2. The lowest BCUT2D eigenvalue weighted by Gasteiger charge is -2.16. The first kappa shape index (κ1) is 20.5. The molecule has 2 heterocycles. The molecule has 1 N–H and O–H groups in total. The molecule has 2 aromatic carbocycles. The monoisotopic (exact) mass is 428 g/mol. The summed E-state index contributed by atoms with van der Waals surface area (Å²) in [6, 6.07) is 17.0. The number of aromatic nitrogens is 1. The summed E-state index contributed by atoms with van der Waals surface area (Å²) in [4.78, 5) is 31.2. The van der Waals surface area contributed by atoms with Gasteiger partial charge in [0.05, 0.1) is 11.1 Å². The molecule has 1 aliphatic rings. The smallest absolute Gasteiger partial charge is 0.268 e. The van der Waals surface area contributed by atoms with E-state index >= 15 is 0 Å². The van der Waals surface area contributed by atoms with E-state index in [0.717, 1.165) is 22.4 Å². The van der Waals surface area contributed by atoms with E-state index in [1.54, 1.807) is 18.0 Å². The molecule has 1 aromatic heterocycles. The van der Waals surface area contributed by atoms with Gasteiger partial charge in [-0.3, -0.25) is 14.9 Å². The van der Waals surface area contributed by atoms with Crippen LogP contribution in [0.15, 0.2) is 59.5 Å². The molecule has 0 fully saturated rings. The summed E-state index contributed by atoms with van der Waals surface area (Å²) in [5.74, 6) is -0.449. The average Bonchev–Trinajstić information content (AvgIpc) is 3.30. The lowest BCUT2D eigenvalue weighted by molar-refractivity contribution is -0.121. The first-order chi connectivity index (χ1) is 14.8. The van der Waals surface area contributed by atoms with E-state index < -0.39 is 11.3 Å². The fourth-order valence-corrected chi connectivity index (χ4v) is 4.34. The van der Waals surface area contributed by atoms with Crippen molar-refractivity contribution in [3.63, 3.8) is 0 Å². The summed E-state index contributed by atoms with van der Waals surface area (Å²) in [5.41, 5.74) is 3.59. The van der Waals surface area contributed by atoms with Crippen LogP contribution in [-0.2, 0) is 15.0 Å². The molecule has 1 aliphatic heterocycles. The standard InChI is InChI=1S/C24H20N4O2S/c1-24(2)18-12-16(9-10-20(18)28(3)22(24)30)19-14-31-23(26-19)27-21(29)17(13-25)11-15-7-5-4-6-8-15/h4-12,14H,1-3H3,(H,26,27,29)/b17-11+. The molecule has 31 heavy (non-hydrogen) atoms. The molecule has 0 spiro atoms. The molecule has 0 unspecified atom stereocenters. The lowest BCUT2D eigenvalue weighted by Crippen LogP contribution is -2.33. The van der Waals surface area contributed by atoms with Crippen LogP contribution >= 0.6 is 11.3 Å². The Morgan fingerprint density at radius 3 is 2.68 bits per heavy atom.